The molecule has 1 saturated heterocycles. The van der Waals surface area contributed by atoms with Crippen LogP contribution in [0.25, 0.3) is 0 Å². The number of aliphatic carboxylic acids is 1. The number of hydrogen-bond donors (Lipinski definition) is 3. The van der Waals surface area contributed by atoms with E-state index in [0.29, 0.717) is 39.1 Å². The highest BCUT2D eigenvalue weighted by atomic mass is 16.5. The number of carboxylic acids is 1. The lowest BCUT2D eigenvalue weighted by molar-refractivity contribution is -0.149. The summed E-state index contributed by atoms with van der Waals surface area (Å²) in [6, 6.07) is -0.298. The van der Waals surface area contributed by atoms with Gasteiger partial charge in [0, 0.05) is 19.6 Å². The van der Waals surface area contributed by atoms with Gasteiger partial charge in [-0.25, -0.2) is 9.59 Å². The standard InChI is InChI=1S/C13H25N3O5/c1-16(2)6-8-20-7-5-14-13(19)15-9-10-3-4-11(21-10)12(17)18/h10-11H,3-9H2,1-2H3,(H,17,18)(H2,14,15,19). The van der Waals surface area contributed by atoms with Gasteiger partial charge in [0.15, 0.2) is 6.10 Å². The van der Waals surface area contributed by atoms with Gasteiger partial charge in [0.25, 0.3) is 0 Å². The van der Waals surface area contributed by atoms with E-state index in [-0.39, 0.29) is 12.1 Å². The number of amides is 2. The maximum atomic E-state index is 11.5. The van der Waals surface area contributed by atoms with Crippen molar-refractivity contribution in [3.8, 4) is 0 Å². The molecule has 0 spiro atoms. The molecule has 0 aliphatic carbocycles. The highest BCUT2D eigenvalue weighted by molar-refractivity contribution is 5.74. The fourth-order valence-corrected chi connectivity index (χ4v) is 1.89. The summed E-state index contributed by atoms with van der Waals surface area (Å²) in [7, 11) is 3.93. The summed E-state index contributed by atoms with van der Waals surface area (Å²) >= 11 is 0. The molecule has 8 heteroatoms. The van der Waals surface area contributed by atoms with Crippen LogP contribution in [0.4, 0.5) is 4.79 Å². The Morgan fingerprint density at radius 1 is 1.29 bits per heavy atom. The summed E-state index contributed by atoms with van der Waals surface area (Å²) < 4.78 is 10.6. The number of hydrogen-bond acceptors (Lipinski definition) is 5. The monoisotopic (exact) mass is 303 g/mol. The van der Waals surface area contributed by atoms with Crippen molar-refractivity contribution < 1.29 is 24.2 Å². The lowest BCUT2D eigenvalue weighted by Crippen LogP contribution is -2.41. The van der Waals surface area contributed by atoms with Crippen LogP contribution in [0, 0.1) is 0 Å². The Morgan fingerprint density at radius 2 is 2.05 bits per heavy atom. The highest BCUT2D eigenvalue weighted by Gasteiger charge is 2.30. The van der Waals surface area contributed by atoms with Gasteiger partial charge >= 0.3 is 12.0 Å². The van der Waals surface area contributed by atoms with E-state index in [1.54, 1.807) is 0 Å². The number of carbonyl (C=O) groups excluding carboxylic acids is 1. The van der Waals surface area contributed by atoms with Crippen LogP contribution in [0.3, 0.4) is 0 Å². The third kappa shape index (κ3) is 7.84. The largest absolute Gasteiger partial charge is 0.479 e. The van der Waals surface area contributed by atoms with E-state index in [9.17, 15) is 9.59 Å². The fourth-order valence-electron chi connectivity index (χ4n) is 1.89. The van der Waals surface area contributed by atoms with Gasteiger partial charge in [-0.2, -0.15) is 0 Å². The van der Waals surface area contributed by atoms with Crippen LogP contribution in [0.5, 0.6) is 0 Å². The molecule has 1 heterocycles. The van der Waals surface area contributed by atoms with Crippen molar-refractivity contribution in [3.63, 3.8) is 0 Å². The molecule has 0 aromatic carbocycles. The van der Waals surface area contributed by atoms with E-state index in [1.807, 2.05) is 19.0 Å². The van der Waals surface area contributed by atoms with Crippen molar-refractivity contribution >= 4 is 12.0 Å². The topological polar surface area (TPSA) is 100 Å². The molecule has 122 valence electrons. The van der Waals surface area contributed by atoms with E-state index < -0.39 is 12.1 Å². The van der Waals surface area contributed by atoms with Gasteiger partial charge < -0.3 is 30.1 Å². The second-order valence-corrected chi connectivity index (χ2v) is 5.21. The number of nitrogens with one attached hydrogen (secondary N) is 2. The van der Waals surface area contributed by atoms with Crippen LogP contribution in [0.15, 0.2) is 0 Å². The molecule has 1 fully saturated rings. The van der Waals surface area contributed by atoms with Gasteiger partial charge in [-0.15, -0.1) is 0 Å². The Labute approximate surface area is 124 Å². The first-order valence-corrected chi connectivity index (χ1v) is 7.11. The number of carboxylic acid groups (broad SMARTS) is 1. The molecule has 1 aliphatic rings. The highest BCUT2D eigenvalue weighted by Crippen LogP contribution is 2.18. The molecule has 1 aliphatic heterocycles. The lowest BCUT2D eigenvalue weighted by atomic mass is 10.2. The molecule has 2 amide bonds. The van der Waals surface area contributed by atoms with Gasteiger partial charge in [-0.05, 0) is 26.9 Å². The molecule has 8 nitrogen and oxygen atoms in total. The Bertz CT molecular complexity index is 338. The first-order chi connectivity index (χ1) is 9.99. The Kier molecular flexibility index (Phi) is 8.03. The van der Waals surface area contributed by atoms with Crippen molar-refractivity contribution in [2.24, 2.45) is 0 Å². The van der Waals surface area contributed by atoms with Gasteiger partial charge in [-0.1, -0.05) is 0 Å². The normalized spacial score (nSPS) is 21.5. The molecule has 0 aromatic rings. The van der Waals surface area contributed by atoms with Crippen LogP contribution in [0.2, 0.25) is 0 Å². The molecule has 1 rings (SSSR count). The van der Waals surface area contributed by atoms with Crippen LogP contribution < -0.4 is 10.6 Å². The molecule has 0 radical (unpaired) electrons. The maximum Gasteiger partial charge on any atom is 0.332 e. The van der Waals surface area contributed by atoms with Gasteiger partial charge in [0.2, 0.25) is 0 Å². The number of nitrogens with zero attached hydrogens (tertiary/aromatic N) is 1. The molecule has 0 bridgehead atoms. The van der Waals surface area contributed by atoms with Crippen LogP contribution >= 0.6 is 0 Å². The summed E-state index contributed by atoms with van der Waals surface area (Å²) in [5.74, 6) is -0.947. The quantitative estimate of drug-likeness (QED) is 0.496. The van der Waals surface area contributed by atoms with Crippen molar-refractivity contribution in [1.82, 2.24) is 15.5 Å². The Morgan fingerprint density at radius 3 is 2.67 bits per heavy atom. The average Bonchev–Trinajstić information content (AvgIpc) is 2.89. The minimum Gasteiger partial charge on any atom is -0.479 e. The zero-order chi connectivity index (χ0) is 15.7. The van der Waals surface area contributed by atoms with Gasteiger partial charge in [-0.3, -0.25) is 0 Å². The number of ether oxygens (including phenoxy) is 2. The summed E-state index contributed by atoms with van der Waals surface area (Å²) in [6.07, 6.45) is 0.159. The molecule has 3 N–H and O–H groups in total. The van der Waals surface area contributed by atoms with Crippen LogP contribution in [-0.2, 0) is 14.3 Å². The molecular weight excluding hydrogens is 278 g/mol. The summed E-state index contributed by atoms with van der Waals surface area (Å²) in [6.45, 7) is 2.68. The maximum absolute atomic E-state index is 11.5. The zero-order valence-electron chi connectivity index (χ0n) is 12.6. The van der Waals surface area contributed by atoms with Gasteiger partial charge in [0.1, 0.15) is 0 Å². The van der Waals surface area contributed by atoms with Crippen molar-refractivity contribution in [1.29, 1.82) is 0 Å². The van der Waals surface area contributed by atoms with E-state index in [4.69, 9.17) is 14.6 Å². The average molecular weight is 303 g/mol. The second kappa shape index (κ2) is 9.54. The molecular formula is C13H25N3O5. The molecule has 2 atom stereocenters. The minimum atomic E-state index is -0.947. The number of rotatable bonds is 9. The summed E-state index contributed by atoms with van der Waals surface area (Å²) in [5.41, 5.74) is 0. The third-order valence-electron chi connectivity index (χ3n) is 3.09. The van der Waals surface area contributed by atoms with E-state index in [2.05, 4.69) is 10.6 Å². The van der Waals surface area contributed by atoms with Crippen molar-refractivity contribution in [3.05, 3.63) is 0 Å². The molecule has 21 heavy (non-hydrogen) atoms. The first-order valence-electron chi connectivity index (χ1n) is 7.11. The van der Waals surface area contributed by atoms with E-state index >= 15 is 0 Å². The number of likely N-dealkylation sites (N-methyl/N-ethyl adjacent to an activating group) is 1. The summed E-state index contributed by atoms with van der Waals surface area (Å²) in [5, 5.41) is 14.1. The van der Waals surface area contributed by atoms with Crippen molar-refractivity contribution in [2.45, 2.75) is 25.0 Å². The molecule has 0 saturated carbocycles. The molecule has 0 aromatic heterocycles. The van der Waals surface area contributed by atoms with E-state index in [1.165, 1.54) is 0 Å². The van der Waals surface area contributed by atoms with Gasteiger partial charge in [0.05, 0.1) is 19.3 Å². The lowest BCUT2D eigenvalue weighted by Gasteiger charge is -2.13. The smallest absolute Gasteiger partial charge is 0.332 e. The predicted octanol–water partition coefficient (Wildman–Crippen LogP) is -0.504. The van der Waals surface area contributed by atoms with Crippen LogP contribution in [0.1, 0.15) is 12.8 Å². The molecule has 2 unspecified atom stereocenters. The Hall–Kier alpha value is -1.38. The minimum absolute atomic E-state index is 0.229. The third-order valence-corrected chi connectivity index (χ3v) is 3.09. The SMILES string of the molecule is CN(C)CCOCCNC(=O)NCC1CCC(C(=O)O)O1. The van der Waals surface area contributed by atoms with Crippen molar-refractivity contribution in [2.75, 3.05) is 46.9 Å². The Balaban J connectivity index is 1.98. The van der Waals surface area contributed by atoms with Crippen LogP contribution in [-0.4, -0.2) is 81.2 Å². The predicted molar refractivity (Wildman–Crippen MR) is 76.3 cm³/mol. The fraction of sp³-hybridized carbons (Fsp3) is 0.846. The second-order valence-electron chi connectivity index (χ2n) is 5.21. The number of carbonyl (C=O) groups is 2. The number of urea groups is 1. The van der Waals surface area contributed by atoms with E-state index in [0.717, 1.165) is 6.54 Å². The first kappa shape index (κ1) is 17.7. The summed E-state index contributed by atoms with van der Waals surface area (Å²) in [4.78, 5) is 24.2. The zero-order valence-corrected chi connectivity index (χ0v) is 12.6.